The Morgan fingerprint density at radius 3 is 2.28 bits per heavy atom. The second kappa shape index (κ2) is 11.8. The van der Waals surface area contributed by atoms with E-state index in [0.29, 0.717) is 46.2 Å². The molecule has 6 heteroatoms. The van der Waals surface area contributed by atoms with Crippen LogP contribution in [0.15, 0.2) is 0 Å². The first-order valence-corrected chi connectivity index (χ1v) is 6.48. The highest BCUT2D eigenvalue weighted by molar-refractivity contribution is 4.65. The maximum Gasteiger partial charge on any atom is 0.0933 e. The van der Waals surface area contributed by atoms with Crippen LogP contribution in [-0.2, 0) is 23.7 Å². The summed E-state index contributed by atoms with van der Waals surface area (Å²) in [6.07, 6.45) is 0.177. The maximum absolute atomic E-state index is 5.50. The maximum atomic E-state index is 5.50. The zero-order valence-electron chi connectivity index (χ0n) is 11.2. The van der Waals surface area contributed by atoms with Gasteiger partial charge in [0.2, 0.25) is 0 Å². The molecule has 1 aliphatic heterocycles. The summed E-state index contributed by atoms with van der Waals surface area (Å²) in [5, 5.41) is 3.26. The van der Waals surface area contributed by atoms with Crippen LogP contribution in [0, 0.1) is 0 Å². The molecule has 6 nitrogen and oxygen atoms in total. The topological polar surface area (TPSA) is 58.2 Å². The third-order valence-corrected chi connectivity index (χ3v) is 2.48. The largest absolute Gasteiger partial charge is 0.382 e. The van der Waals surface area contributed by atoms with E-state index in [-0.39, 0.29) is 6.10 Å². The second-order valence-corrected chi connectivity index (χ2v) is 3.99. The standard InChI is InChI=1S/C12H25NO5/c1-14-4-5-15-6-7-16-8-9-17-11-12-10-13-2-3-18-12/h12-13H,2-11H2,1H3. The summed E-state index contributed by atoms with van der Waals surface area (Å²) >= 11 is 0. The molecule has 1 fully saturated rings. The van der Waals surface area contributed by atoms with Crippen LogP contribution in [-0.4, -0.2) is 79.2 Å². The molecular formula is C12H25NO5. The van der Waals surface area contributed by atoms with Crippen molar-refractivity contribution in [2.45, 2.75) is 6.10 Å². The lowest BCUT2D eigenvalue weighted by Crippen LogP contribution is -2.41. The Labute approximate surface area is 109 Å². The molecule has 18 heavy (non-hydrogen) atoms. The molecule has 1 aliphatic rings. The van der Waals surface area contributed by atoms with Crippen LogP contribution in [0.5, 0.6) is 0 Å². The normalized spacial score (nSPS) is 20.2. The van der Waals surface area contributed by atoms with Crippen LogP contribution in [0.3, 0.4) is 0 Å². The van der Waals surface area contributed by atoms with Crippen molar-refractivity contribution in [3.8, 4) is 0 Å². The van der Waals surface area contributed by atoms with Gasteiger partial charge in [0.15, 0.2) is 0 Å². The molecule has 0 saturated carbocycles. The highest BCUT2D eigenvalue weighted by Gasteiger charge is 2.12. The van der Waals surface area contributed by atoms with E-state index in [4.69, 9.17) is 23.7 Å². The van der Waals surface area contributed by atoms with Crippen molar-refractivity contribution >= 4 is 0 Å². The van der Waals surface area contributed by atoms with Gasteiger partial charge in [-0.1, -0.05) is 0 Å². The number of hydrogen-bond acceptors (Lipinski definition) is 6. The van der Waals surface area contributed by atoms with Gasteiger partial charge >= 0.3 is 0 Å². The van der Waals surface area contributed by atoms with Gasteiger partial charge in [-0.2, -0.15) is 0 Å². The van der Waals surface area contributed by atoms with Crippen LogP contribution in [0.4, 0.5) is 0 Å². The summed E-state index contributed by atoms with van der Waals surface area (Å²) in [5.41, 5.74) is 0. The summed E-state index contributed by atoms with van der Waals surface area (Å²) in [4.78, 5) is 0. The van der Waals surface area contributed by atoms with Crippen LogP contribution >= 0.6 is 0 Å². The fraction of sp³-hybridized carbons (Fsp3) is 1.00. The van der Waals surface area contributed by atoms with Crippen molar-refractivity contribution < 1.29 is 23.7 Å². The molecule has 0 aliphatic carbocycles. The Morgan fingerprint density at radius 1 is 1.00 bits per heavy atom. The summed E-state index contributed by atoms with van der Waals surface area (Å²) in [6, 6.07) is 0. The fourth-order valence-corrected chi connectivity index (χ4v) is 1.52. The smallest absolute Gasteiger partial charge is 0.0933 e. The van der Waals surface area contributed by atoms with E-state index >= 15 is 0 Å². The Balaban J connectivity index is 1.73. The Hall–Kier alpha value is -0.240. The van der Waals surface area contributed by atoms with E-state index in [1.165, 1.54) is 0 Å². The van der Waals surface area contributed by atoms with Crippen molar-refractivity contribution in [3.05, 3.63) is 0 Å². The Bertz CT molecular complexity index is 176. The summed E-state index contributed by atoms with van der Waals surface area (Å²) in [6.45, 7) is 6.81. The molecule has 0 radical (unpaired) electrons. The van der Waals surface area contributed by atoms with Gasteiger partial charge in [0.05, 0.1) is 59.0 Å². The van der Waals surface area contributed by atoms with Gasteiger partial charge in [-0.05, 0) is 0 Å². The molecule has 1 saturated heterocycles. The van der Waals surface area contributed by atoms with Crippen LogP contribution in [0.2, 0.25) is 0 Å². The minimum Gasteiger partial charge on any atom is -0.382 e. The molecule has 0 aromatic carbocycles. The molecular weight excluding hydrogens is 238 g/mol. The Kier molecular flexibility index (Phi) is 10.4. The molecule has 108 valence electrons. The van der Waals surface area contributed by atoms with Gasteiger partial charge in [0.1, 0.15) is 0 Å². The molecule has 0 aromatic heterocycles. The van der Waals surface area contributed by atoms with Gasteiger partial charge < -0.3 is 29.0 Å². The van der Waals surface area contributed by atoms with E-state index in [1.807, 2.05) is 0 Å². The van der Waals surface area contributed by atoms with Crippen molar-refractivity contribution in [1.82, 2.24) is 5.32 Å². The number of nitrogens with one attached hydrogen (secondary N) is 1. The van der Waals surface area contributed by atoms with Crippen molar-refractivity contribution in [3.63, 3.8) is 0 Å². The average molecular weight is 263 g/mol. The molecule has 1 heterocycles. The first kappa shape index (κ1) is 15.8. The lowest BCUT2D eigenvalue weighted by atomic mass is 10.3. The molecule has 0 bridgehead atoms. The summed E-state index contributed by atoms with van der Waals surface area (Å²) in [7, 11) is 1.66. The lowest BCUT2D eigenvalue weighted by molar-refractivity contribution is -0.0471. The van der Waals surface area contributed by atoms with E-state index in [0.717, 1.165) is 19.7 Å². The molecule has 0 spiro atoms. The van der Waals surface area contributed by atoms with Crippen LogP contribution in [0.25, 0.3) is 0 Å². The zero-order chi connectivity index (χ0) is 12.9. The molecule has 0 aromatic rings. The summed E-state index contributed by atoms with van der Waals surface area (Å²) < 4.78 is 26.4. The minimum atomic E-state index is 0.177. The third kappa shape index (κ3) is 8.79. The van der Waals surface area contributed by atoms with Gasteiger partial charge in [-0.3, -0.25) is 0 Å². The zero-order valence-corrected chi connectivity index (χ0v) is 11.2. The molecule has 1 N–H and O–H groups in total. The van der Waals surface area contributed by atoms with Crippen LogP contribution in [0.1, 0.15) is 0 Å². The number of ether oxygens (including phenoxy) is 5. The first-order valence-electron chi connectivity index (χ1n) is 6.48. The summed E-state index contributed by atoms with van der Waals surface area (Å²) in [5.74, 6) is 0. The molecule has 1 rings (SSSR count). The Morgan fingerprint density at radius 2 is 1.67 bits per heavy atom. The fourth-order valence-electron chi connectivity index (χ4n) is 1.52. The molecule has 1 unspecified atom stereocenters. The number of morpholine rings is 1. The van der Waals surface area contributed by atoms with Gasteiger partial charge in [-0.15, -0.1) is 0 Å². The van der Waals surface area contributed by atoms with Crippen LogP contribution < -0.4 is 5.32 Å². The highest BCUT2D eigenvalue weighted by Crippen LogP contribution is 1.96. The van der Waals surface area contributed by atoms with Crippen molar-refractivity contribution in [2.24, 2.45) is 0 Å². The highest BCUT2D eigenvalue weighted by atomic mass is 16.6. The predicted octanol–water partition coefficient (Wildman–Crippen LogP) is -0.329. The van der Waals surface area contributed by atoms with Crippen molar-refractivity contribution in [2.75, 3.05) is 73.1 Å². The monoisotopic (exact) mass is 263 g/mol. The van der Waals surface area contributed by atoms with Crippen molar-refractivity contribution in [1.29, 1.82) is 0 Å². The van der Waals surface area contributed by atoms with E-state index in [2.05, 4.69) is 5.32 Å². The SMILES string of the molecule is COCCOCCOCCOCC1CNCCO1. The number of methoxy groups -OCH3 is 1. The predicted molar refractivity (Wildman–Crippen MR) is 66.9 cm³/mol. The molecule has 0 amide bonds. The minimum absolute atomic E-state index is 0.177. The molecule has 1 atom stereocenters. The van der Waals surface area contributed by atoms with E-state index in [9.17, 15) is 0 Å². The van der Waals surface area contributed by atoms with E-state index in [1.54, 1.807) is 7.11 Å². The third-order valence-electron chi connectivity index (χ3n) is 2.48. The van der Waals surface area contributed by atoms with Gasteiger partial charge in [0, 0.05) is 20.2 Å². The van der Waals surface area contributed by atoms with Gasteiger partial charge in [-0.25, -0.2) is 0 Å². The average Bonchev–Trinajstić information content (AvgIpc) is 2.42. The first-order chi connectivity index (χ1) is 8.93. The quantitative estimate of drug-likeness (QED) is 0.515. The van der Waals surface area contributed by atoms with E-state index < -0.39 is 0 Å². The number of hydrogen-bond donors (Lipinski definition) is 1. The number of rotatable bonds is 11. The second-order valence-electron chi connectivity index (χ2n) is 3.99. The lowest BCUT2D eigenvalue weighted by Gasteiger charge is -2.23. The van der Waals surface area contributed by atoms with Gasteiger partial charge in [0.25, 0.3) is 0 Å².